The van der Waals surface area contributed by atoms with Gasteiger partial charge in [0.2, 0.25) is 5.16 Å². The Morgan fingerprint density at radius 2 is 1.97 bits per heavy atom. The summed E-state index contributed by atoms with van der Waals surface area (Å²) in [5.41, 5.74) is 2.35. The number of fused-ring (bicyclic) bond motifs is 1. The lowest BCUT2D eigenvalue weighted by Gasteiger charge is -2.04. The molecular weight excluding hydrogens is 408 g/mol. The Labute approximate surface area is 175 Å². The Hall–Kier alpha value is -3.15. The van der Waals surface area contributed by atoms with Crippen LogP contribution in [-0.4, -0.2) is 36.3 Å². The van der Waals surface area contributed by atoms with Gasteiger partial charge in [0.15, 0.2) is 5.78 Å². The molecule has 7 nitrogen and oxygen atoms in total. The molecule has 4 aromatic rings. The number of aromatic nitrogens is 5. The maximum atomic E-state index is 12.9. The van der Waals surface area contributed by atoms with Gasteiger partial charge in [-0.15, -0.1) is 5.10 Å². The summed E-state index contributed by atoms with van der Waals surface area (Å²) in [6.45, 7) is 0.548. The second kappa shape index (κ2) is 8.47. The zero-order valence-electron chi connectivity index (χ0n) is 15.2. The SMILES string of the molecule is N#CCCn1cc(C(=O)CSc2nnnn2-c2ccc(Cl)cc2)c2ccccc21. The number of halogens is 1. The first-order valence-corrected chi connectivity index (χ1v) is 10.2. The molecule has 0 amide bonds. The van der Waals surface area contributed by atoms with Crippen molar-refractivity contribution in [3.63, 3.8) is 0 Å². The van der Waals surface area contributed by atoms with Crippen molar-refractivity contribution in [3.8, 4) is 11.8 Å². The van der Waals surface area contributed by atoms with Gasteiger partial charge in [-0.2, -0.15) is 9.94 Å². The standard InChI is InChI=1S/C20H15ClN6OS/c21-14-6-8-15(9-7-14)27-20(23-24-25-27)29-13-19(28)17-12-26(11-3-10-22)18-5-2-1-4-16(17)18/h1-2,4-9,12H,3,11,13H2. The third kappa shape index (κ3) is 4.01. The summed E-state index contributed by atoms with van der Waals surface area (Å²) in [7, 11) is 0. The van der Waals surface area contributed by atoms with E-state index >= 15 is 0 Å². The van der Waals surface area contributed by atoms with Crippen LogP contribution in [-0.2, 0) is 6.54 Å². The van der Waals surface area contributed by atoms with Crippen LogP contribution in [0.25, 0.3) is 16.6 Å². The Morgan fingerprint density at radius 3 is 2.76 bits per heavy atom. The third-order valence-electron chi connectivity index (χ3n) is 4.40. The Balaban J connectivity index is 1.55. The molecule has 0 fully saturated rings. The van der Waals surface area contributed by atoms with E-state index in [4.69, 9.17) is 16.9 Å². The van der Waals surface area contributed by atoms with Crippen LogP contribution < -0.4 is 0 Å². The maximum Gasteiger partial charge on any atom is 0.214 e. The number of nitriles is 1. The molecule has 0 unspecified atom stereocenters. The molecule has 0 N–H and O–H groups in total. The molecule has 0 saturated carbocycles. The first-order valence-electron chi connectivity index (χ1n) is 8.82. The fourth-order valence-electron chi connectivity index (χ4n) is 3.05. The van der Waals surface area contributed by atoms with Gasteiger partial charge in [0.25, 0.3) is 0 Å². The van der Waals surface area contributed by atoms with Crippen LogP contribution in [0.1, 0.15) is 16.8 Å². The predicted molar refractivity (Wildman–Crippen MR) is 111 cm³/mol. The first kappa shape index (κ1) is 19.2. The van der Waals surface area contributed by atoms with Gasteiger partial charge in [-0.3, -0.25) is 4.79 Å². The van der Waals surface area contributed by atoms with Gasteiger partial charge in [-0.1, -0.05) is 41.6 Å². The normalized spacial score (nSPS) is 10.9. The minimum Gasteiger partial charge on any atom is -0.346 e. The average Bonchev–Trinajstić information content (AvgIpc) is 3.36. The molecule has 4 rings (SSSR count). The topological polar surface area (TPSA) is 89.4 Å². The number of nitrogens with zero attached hydrogens (tertiary/aromatic N) is 6. The van der Waals surface area contributed by atoms with Crippen LogP contribution in [0.3, 0.4) is 0 Å². The molecular formula is C20H15ClN6OS. The maximum absolute atomic E-state index is 12.9. The van der Waals surface area contributed by atoms with Crippen LogP contribution in [0.15, 0.2) is 59.9 Å². The Bertz CT molecular complexity index is 1210. The number of hydrogen-bond donors (Lipinski definition) is 0. The molecule has 0 saturated heterocycles. The van der Waals surface area contributed by atoms with Crippen molar-refractivity contribution in [1.29, 1.82) is 5.26 Å². The number of para-hydroxylation sites is 1. The van der Waals surface area contributed by atoms with E-state index in [1.54, 1.807) is 16.8 Å². The van der Waals surface area contributed by atoms with E-state index in [9.17, 15) is 4.79 Å². The summed E-state index contributed by atoms with van der Waals surface area (Å²) in [6.07, 6.45) is 2.21. The minimum absolute atomic E-state index is 0.0208. The number of tetrazole rings is 1. The number of aryl methyl sites for hydroxylation is 1. The van der Waals surface area contributed by atoms with Crippen molar-refractivity contribution in [1.82, 2.24) is 24.8 Å². The van der Waals surface area contributed by atoms with Crippen LogP contribution in [0.5, 0.6) is 0 Å². The van der Waals surface area contributed by atoms with Crippen molar-refractivity contribution >= 4 is 40.0 Å². The van der Waals surface area contributed by atoms with Crippen molar-refractivity contribution in [2.75, 3.05) is 5.75 Å². The first-order chi connectivity index (χ1) is 14.2. The largest absolute Gasteiger partial charge is 0.346 e. The van der Waals surface area contributed by atoms with Crippen LogP contribution in [0.2, 0.25) is 5.02 Å². The van der Waals surface area contributed by atoms with E-state index in [0.29, 0.717) is 28.7 Å². The van der Waals surface area contributed by atoms with Crippen molar-refractivity contribution in [2.45, 2.75) is 18.1 Å². The molecule has 9 heteroatoms. The smallest absolute Gasteiger partial charge is 0.214 e. The van der Waals surface area contributed by atoms with Gasteiger partial charge in [0, 0.05) is 34.2 Å². The zero-order valence-corrected chi connectivity index (χ0v) is 16.8. The lowest BCUT2D eigenvalue weighted by atomic mass is 10.1. The lowest BCUT2D eigenvalue weighted by Crippen LogP contribution is -2.05. The van der Waals surface area contributed by atoms with E-state index in [0.717, 1.165) is 16.6 Å². The van der Waals surface area contributed by atoms with Crippen molar-refractivity contribution in [2.24, 2.45) is 0 Å². The highest BCUT2D eigenvalue weighted by Gasteiger charge is 2.17. The van der Waals surface area contributed by atoms with Gasteiger partial charge in [0.05, 0.1) is 23.9 Å². The van der Waals surface area contributed by atoms with Crippen LogP contribution in [0.4, 0.5) is 0 Å². The number of carbonyl (C=O) groups is 1. The van der Waals surface area contributed by atoms with Crippen LogP contribution >= 0.6 is 23.4 Å². The van der Waals surface area contributed by atoms with E-state index in [2.05, 4.69) is 21.6 Å². The fourth-order valence-corrected chi connectivity index (χ4v) is 3.95. The molecule has 0 aliphatic carbocycles. The van der Waals surface area contributed by atoms with Gasteiger partial charge in [-0.25, -0.2) is 0 Å². The third-order valence-corrected chi connectivity index (χ3v) is 5.57. The van der Waals surface area contributed by atoms with Gasteiger partial charge in [0.1, 0.15) is 0 Å². The monoisotopic (exact) mass is 422 g/mol. The molecule has 0 aliphatic heterocycles. The number of ketones is 1. The predicted octanol–water partition coefficient (Wildman–Crippen LogP) is 4.16. The van der Waals surface area contributed by atoms with Gasteiger partial charge in [-0.05, 0) is 40.8 Å². The zero-order chi connectivity index (χ0) is 20.2. The molecule has 2 heterocycles. The quantitative estimate of drug-likeness (QED) is 0.328. The highest BCUT2D eigenvalue weighted by atomic mass is 35.5. The summed E-state index contributed by atoms with van der Waals surface area (Å²) in [4.78, 5) is 12.9. The highest BCUT2D eigenvalue weighted by Crippen LogP contribution is 2.25. The number of carbonyl (C=O) groups excluding carboxylic acids is 1. The van der Waals surface area contributed by atoms with Gasteiger partial charge >= 0.3 is 0 Å². The van der Waals surface area contributed by atoms with E-state index in [1.165, 1.54) is 11.8 Å². The lowest BCUT2D eigenvalue weighted by molar-refractivity contribution is 0.102. The Kier molecular flexibility index (Phi) is 5.60. The minimum atomic E-state index is -0.0208. The molecule has 144 valence electrons. The summed E-state index contributed by atoms with van der Waals surface area (Å²) in [5, 5.41) is 22.7. The summed E-state index contributed by atoms with van der Waals surface area (Å²) in [5.74, 6) is 0.174. The summed E-state index contributed by atoms with van der Waals surface area (Å²) in [6, 6.07) is 17.0. The van der Waals surface area contributed by atoms with Gasteiger partial charge < -0.3 is 4.57 Å². The fraction of sp³-hybridized carbons (Fsp3) is 0.150. The van der Waals surface area contributed by atoms with E-state index in [-0.39, 0.29) is 11.5 Å². The Morgan fingerprint density at radius 1 is 1.17 bits per heavy atom. The number of hydrogen-bond acceptors (Lipinski definition) is 6. The molecule has 0 radical (unpaired) electrons. The van der Waals surface area contributed by atoms with Crippen molar-refractivity contribution in [3.05, 3.63) is 65.3 Å². The molecule has 0 atom stereocenters. The highest BCUT2D eigenvalue weighted by molar-refractivity contribution is 7.99. The second-order valence-corrected chi connectivity index (χ2v) is 7.60. The summed E-state index contributed by atoms with van der Waals surface area (Å²) >= 11 is 7.21. The van der Waals surface area contributed by atoms with E-state index in [1.807, 2.05) is 47.2 Å². The molecule has 2 aromatic carbocycles. The molecule has 2 aromatic heterocycles. The molecule has 0 aliphatic rings. The average molecular weight is 423 g/mol. The molecule has 0 spiro atoms. The number of Topliss-reactive ketones (excluding diaryl/α,β-unsaturated/α-hetero) is 1. The second-order valence-electron chi connectivity index (χ2n) is 6.22. The number of benzene rings is 2. The number of rotatable bonds is 7. The molecule has 0 bridgehead atoms. The van der Waals surface area contributed by atoms with E-state index < -0.39 is 0 Å². The van der Waals surface area contributed by atoms with Crippen LogP contribution in [0, 0.1) is 11.3 Å². The summed E-state index contributed by atoms with van der Waals surface area (Å²) < 4.78 is 3.53. The molecule has 29 heavy (non-hydrogen) atoms. The van der Waals surface area contributed by atoms with Crippen molar-refractivity contribution < 1.29 is 4.79 Å². The number of thioether (sulfide) groups is 1.